The average Bonchev–Trinajstić information content (AvgIpc) is 2.25. The highest BCUT2D eigenvalue weighted by molar-refractivity contribution is 5.69. The molecule has 2 nitrogen and oxygen atoms in total. The second kappa shape index (κ2) is 6.18. The molecule has 0 unspecified atom stereocenters. The van der Waals surface area contributed by atoms with Crippen LogP contribution < -0.4 is 0 Å². The highest BCUT2D eigenvalue weighted by atomic mass is 19.1. The molecule has 0 fully saturated rings. The number of halogens is 1. The van der Waals surface area contributed by atoms with Gasteiger partial charge in [-0.15, -0.1) is 0 Å². The monoisotopic (exact) mass is 236 g/mol. The van der Waals surface area contributed by atoms with Gasteiger partial charge >= 0.3 is 5.97 Å². The van der Waals surface area contributed by atoms with E-state index in [4.69, 9.17) is 5.11 Å². The Labute approximate surface area is 101 Å². The number of carboxylic acid groups (broad SMARTS) is 1. The van der Waals surface area contributed by atoms with Crippen molar-refractivity contribution in [3.63, 3.8) is 0 Å². The normalized spacial score (nSPS) is 11.9. The second-order valence-electron chi connectivity index (χ2n) is 4.25. The van der Waals surface area contributed by atoms with Crippen molar-refractivity contribution in [2.75, 3.05) is 0 Å². The van der Waals surface area contributed by atoms with Gasteiger partial charge in [0.2, 0.25) is 0 Å². The van der Waals surface area contributed by atoms with E-state index in [0.29, 0.717) is 6.42 Å². The fraction of sp³-hybridized carbons (Fsp3) is 0.357. The third kappa shape index (κ3) is 4.39. The van der Waals surface area contributed by atoms with Gasteiger partial charge in [-0.25, -0.2) is 4.39 Å². The van der Waals surface area contributed by atoms with Crippen LogP contribution in [-0.2, 0) is 4.79 Å². The summed E-state index contributed by atoms with van der Waals surface area (Å²) >= 11 is 0. The second-order valence-corrected chi connectivity index (χ2v) is 4.25. The van der Waals surface area contributed by atoms with Gasteiger partial charge in [-0.3, -0.25) is 4.79 Å². The highest BCUT2D eigenvalue weighted by Gasteiger charge is 2.06. The fourth-order valence-corrected chi connectivity index (χ4v) is 1.68. The van der Waals surface area contributed by atoms with Gasteiger partial charge < -0.3 is 5.11 Å². The van der Waals surface area contributed by atoms with Crippen LogP contribution in [-0.4, -0.2) is 11.1 Å². The van der Waals surface area contributed by atoms with Crippen molar-refractivity contribution in [3.05, 3.63) is 41.7 Å². The van der Waals surface area contributed by atoms with Crippen LogP contribution in [0.4, 0.5) is 4.39 Å². The van der Waals surface area contributed by atoms with Crippen molar-refractivity contribution in [1.29, 1.82) is 0 Å². The van der Waals surface area contributed by atoms with Crippen LogP contribution in [0.15, 0.2) is 30.3 Å². The van der Waals surface area contributed by atoms with Gasteiger partial charge in [-0.2, -0.15) is 0 Å². The van der Waals surface area contributed by atoms with Crippen LogP contribution in [0.1, 0.15) is 32.3 Å². The molecule has 92 valence electrons. The summed E-state index contributed by atoms with van der Waals surface area (Å²) in [4.78, 5) is 10.5. The molecular weight excluding hydrogens is 219 g/mol. The van der Waals surface area contributed by atoms with Gasteiger partial charge in [-0.05, 0) is 35.6 Å². The van der Waals surface area contributed by atoms with E-state index in [1.54, 1.807) is 12.1 Å². The van der Waals surface area contributed by atoms with Crippen LogP contribution >= 0.6 is 0 Å². The molecule has 1 aromatic carbocycles. The molecule has 0 aromatic heterocycles. The molecule has 0 heterocycles. The van der Waals surface area contributed by atoms with E-state index in [9.17, 15) is 9.18 Å². The zero-order valence-corrected chi connectivity index (χ0v) is 10.1. The number of carbonyl (C=O) groups is 1. The third-order valence-corrected chi connectivity index (χ3v) is 2.52. The Kier molecular flexibility index (Phi) is 4.88. The van der Waals surface area contributed by atoms with Gasteiger partial charge in [-0.1, -0.05) is 32.1 Å². The van der Waals surface area contributed by atoms with Gasteiger partial charge in [0.15, 0.2) is 0 Å². The molecule has 0 saturated carbocycles. The Morgan fingerprint density at radius 1 is 1.35 bits per heavy atom. The lowest BCUT2D eigenvalue weighted by Gasteiger charge is -2.11. The third-order valence-electron chi connectivity index (χ3n) is 2.52. The van der Waals surface area contributed by atoms with Crippen LogP contribution in [0.2, 0.25) is 0 Å². The van der Waals surface area contributed by atoms with Gasteiger partial charge in [0.05, 0.1) is 0 Å². The number of carboxylic acids is 1. The molecule has 0 amide bonds. The van der Waals surface area contributed by atoms with Crippen molar-refractivity contribution >= 4 is 11.5 Å². The largest absolute Gasteiger partial charge is 0.481 e. The van der Waals surface area contributed by atoms with E-state index < -0.39 is 5.97 Å². The molecule has 0 spiro atoms. The molecule has 17 heavy (non-hydrogen) atoms. The van der Waals surface area contributed by atoms with Crippen molar-refractivity contribution in [2.45, 2.75) is 26.7 Å². The highest BCUT2D eigenvalue weighted by Crippen LogP contribution is 2.24. The molecule has 1 aromatic rings. The van der Waals surface area contributed by atoms with E-state index >= 15 is 0 Å². The topological polar surface area (TPSA) is 37.3 Å². The maximum absolute atomic E-state index is 12.8. The van der Waals surface area contributed by atoms with E-state index in [0.717, 1.165) is 11.1 Å². The van der Waals surface area contributed by atoms with Gasteiger partial charge in [0.25, 0.3) is 0 Å². The molecule has 1 rings (SSSR count). The number of rotatable bonds is 5. The minimum Gasteiger partial charge on any atom is -0.481 e. The zero-order valence-electron chi connectivity index (χ0n) is 10.1. The lowest BCUT2D eigenvalue weighted by atomic mass is 9.94. The molecule has 0 radical (unpaired) electrons. The van der Waals surface area contributed by atoms with Crippen LogP contribution in [0.3, 0.4) is 0 Å². The number of hydrogen-bond donors (Lipinski definition) is 1. The summed E-state index contributed by atoms with van der Waals surface area (Å²) in [6.07, 6.45) is 2.55. The quantitative estimate of drug-likeness (QED) is 0.845. The Bertz CT molecular complexity index is 405. The number of aliphatic carboxylic acids is 1. The maximum atomic E-state index is 12.8. The molecule has 3 heteroatoms. The minimum absolute atomic E-state index is 0.122. The smallest absolute Gasteiger partial charge is 0.303 e. The Morgan fingerprint density at radius 2 is 1.94 bits per heavy atom. The first-order valence-electron chi connectivity index (χ1n) is 5.68. The van der Waals surface area contributed by atoms with Crippen molar-refractivity contribution in [2.24, 2.45) is 5.92 Å². The van der Waals surface area contributed by atoms with E-state index in [2.05, 4.69) is 0 Å². The summed E-state index contributed by atoms with van der Waals surface area (Å²) < 4.78 is 12.8. The van der Waals surface area contributed by atoms with Crippen molar-refractivity contribution < 1.29 is 14.3 Å². The first-order valence-corrected chi connectivity index (χ1v) is 5.68. The SMILES string of the molecule is CC(C)/C(=C\CCC(=O)O)c1ccc(F)cc1. The Hall–Kier alpha value is -1.64. The molecule has 0 atom stereocenters. The summed E-state index contributed by atoms with van der Waals surface area (Å²) in [5.41, 5.74) is 2.01. The molecule has 0 saturated heterocycles. The number of allylic oxidation sites excluding steroid dienone is 2. The summed E-state index contributed by atoms with van der Waals surface area (Å²) in [7, 11) is 0. The summed E-state index contributed by atoms with van der Waals surface area (Å²) in [5, 5.41) is 8.59. The fourth-order valence-electron chi connectivity index (χ4n) is 1.68. The molecule has 1 N–H and O–H groups in total. The molecule has 0 aliphatic heterocycles. The predicted octanol–water partition coefficient (Wildman–Crippen LogP) is 3.73. The lowest BCUT2D eigenvalue weighted by molar-refractivity contribution is -0.136. The summed E-state index contributed by atoms with van der Waals surface area (Å²) in [6, 6.07) is 6.29. The lowest BCUT2D eigenvalue weighted by Crippen LogP contribution is -1.96. The minimum atomic E-state index is -0.802. The number of hydrogen-bond acceptors (Lipinski definition) is 1. The van der Waals surface area contributed by atoms with Gasteiger partial charge in [0.1, 0.15) is 5.82 Å². The average molecular weight is 236 g/mol. The van der Waals surface area contributed by atoms with E-state index in [1.807, 2.05) is 19.9 Å². The first kappa shape index (κ1) is 13.4. The number of benzene rings is 1. The first-order chi connectivity index (χ1) is 8.00. The van der Waals surface area contributed by atoms with Crippen LogP contribution in [0, 0.1) is 11.7 Å². The van der Waals surface area contributed by atoms with Gasteiger partial charge in [0, 0.05) is 6.42 Å². The van der Waals surface area contributed by atoms with Crippen molar-refractivity contribution in [3.8, 4) is 0 Å². The van der Waals surface area contributed by atoms with E-state index in [-0.39, 0.29) is 18.2 Å². The Morgan fingerprint density at radius 3 is 2.41 bits per heavy atom. The van der Waals surface area contributed by atoms with E-state index in [1.165, 1.54) is 12.1 Å². The maximum Gasteiger partial charge on any atom is 0.303 e. The Balaban J connectivity index is 2.85. The molecular formula is C14H17FO2. The molecule has 0 aliphatic carbocycles. The van der Waals surface area contributed by atoms with Crippen molar-refractivity contribution in [1.82, 2.24) is 0 Å². The zero-order chi connectivity index (χ0) is 12.8. The standard InChI is InChI=1S/C14H17FO2/c1-10(2)13(4-3-5-14(16)17)11-6-8-12(15)9-7-11/h4,6-10H,3,5H2,1-2H3,(H,16,17)/b13-4+. The summed E-state index contributed by atoms with van der Waals surface area (Å²) in [6.45, 7) is 4.08. The molecule has 0 aliphatic rings. The summed E-state index contributed by atoms with van der Waals surface area (Å²) in [5.74, 6) is -0.778. The predicted molar refractivity (Wildman–Crippen MR) is 66.1 cm³/mol. The molecule has 0 bridgehead atoms. The van der Waals surface area contributed by atoms with Crippen LogP contribution in [0.5, 0.6) is 0 Å². The van der Waals surface area contributed by atoms with Crippen LogP contribution in [0.25, 0.3) is 5.57 Å².